The zero-order valence-electron chi connectivity index (χ0n) is 14.8. The molecule has 5 rings (SSSR count). The Kier molecular flexibility index (Phi) is 4.14. The number of carbonyl (C=O) groups is 1. The Morgan fingerprint density at radius 3 is 2.75 bits per heavy atom. The van der Waals surface area contributed by atoms with E-state index in [1.165, 1.54) is 11.8 Å². The Morgan fingerprint density at radius 1 is 0.929 bits per heavy atom. The SMILES string of the molecule is O=C1NC(=Nc2cccc3ccccc23)SC1=Cc1ccc2ncccc2c1. The van der Waals surface area contributed by atoms with Crippen LogP contribution in [0.4, 0.5) is 5.69 Å². The number of nitrogens with zero attached hydrogens (tertiary/aromatic N) is 2. The first kappa shape index (κ1) is 16.7. The van der Waals surface area contributed by atoms with Gasteiger partial charge in [-0.1, -0.05) is 48.5 Å². The molecule has 28 heavy (non-hydrogen) atoms. The molecule has 4 nitrogen and oxygen atoms in total. The van der Waals surface area contributed by atoms with E-state index in [9.17, 15) is 4.79 Å². The van der Waals surface area contributed by atoms with Gasteiger partial charge in [-0.05, 0) is 53.1 Å². The van der Waals surface area contributed by atoms with Crippen molar-refractivity contribution >= 4 is 56.3 Å². The van der Waals surface area contributed by atoms with Crippen LogP contribution in [0.1, 0.15) is 5.56 Å². The first-order valence-electron chi connectivity index (χ1n) is 8.88. The lowest BCUT2D eigenvalue weighted by molar-refractivity contribution is -0.115. The van der Waals surface area contributed by atoms with Crippen molar-refractivity contribution in [1.29, 1.82) is 0 Å². The van der Waals surface area contributed by atoms with E-state index in [0.717, 1.165) is 32.9 Å². The highest BCUT2D eigenvalue weighted by atomic mass is 32.2. The normalized spacial score (nSPS) is 16.9. The fraction of sp³-hybridized carbons (Fsp3) is 0. The molecule has 1 aliphatic heterocycles. The molecule has 1 aromatic heterocycles. The zero-order valence-corrected chi connectivity index (χ0v) is 15.6. The van der Waals surface area contributed by atoms with Gasteiger partial charge in [0.15, 0.2) is 5.17 Å². The first-order valence-corrected chi connectivity index (χ1v) is 9.70. The predicted molar refractivity (Wildman–Crippen MR) is 116 cm³/mol. The second-order valence-corrected chi connectivity index (χ2v) is 7.47. The highest BCUT2D eigenvalue weighted by Crippen LogP contribution is 2.31. The predicted octanol–water partition coefficient (Wildman–Crippen LogP) is 5.28. The Morgan fingerprint density at radius 2 is 1.79 bits per heavy atom. The molecule has 0 bridgehead atoms. The summed E-state index contributed by atoms with van der Waals surface area (Å²) in [6.45, 7) is 0. The van der Waals surface area contributed by atoms with Crippen LogP contribution >= 0.6 is 11.8 Å². The van der Waals surface area contributed by atoms with Crippen molar-refractivity contribution in [3.63, 3.8) is 0 Å². The Hall–Kier alpha value is -3.44. The molecule has 1 aliphatic rings. The van der Waals surface area contributed by atoms with Crippen molar-refractivity contribution in [2.45, 2.75) is 0 Å². The van der Waals surface area contributed by atoms with Gasteiger partial charge >= 0.3 is 0 Å². The minimum absolute atomic E-state index is 0.129. The molecule has 1 fully saturated rings. The van der Waals surface area contributed by atoms with Crippen molar-refractivity contribution in [3.8, 4) is 0 Å². The van der Waals surface area contributed by atoms with Crippen LogP contribution in [0.3, 0.4) is 0 Å². The average molecular weight is 381 g/mol. The average Bonchev–Trinajstić information content (AvgIpc) is 3.07. The van der Waals surface area contributed by atoms with E-state index in [-0.39, 0.29) is 5.91 Å². The van der Waals surface area contributed by atoms with Crippen LogP contribution < -0.4 is 5.32 Å². The number of rotatable bonds is 2. The number of pyridine rings is 1. The van der Waals surface area contributed by atoms with Gasteiger partial charge in [-0.3, -0.25) is 9.78 Å². The molecular weight excluding hydrogens is 366 g/mol. The Bertz CT molecular complexity index is 1290. The summed E-state index contributed by atoms with van der Waals surface area (Å²) < 4.78 is 0. The molecule has 3 aromatic carbocycles. The van der Waals surface area contributed by atoms with Crippen molar-refractivity contribution in [2.75, 3.05) is 0 Å². The number of thioether (sulfide) groups is 1. The summed E-state index contributed by atoms with van der Waals surface area (Å²) in [4.78, 5) is 22.0. The molecule has 0 unspecified atom stereocenters. The molecule has 0 radical (unpaired) electrons. The minimum Gasteiger partial charge on any atom is -0.300 e. The van der Waals surface area contributed by atoms with Gasteiger partial charge in [0.2, 0.25) is 0 Å². The number of fused-ring (bicyclic) bond motifs is 2. The number of nitrogens with one attached hydrogen (secondary N) is 1. The maximum atomic E-state index is 12.4. The smallest absolute Gasteiger partial charge is 0.264 e. The number of amides is 1. The van der Waals surface area contributed by atoms with Crippen molar-refractivity contribution < 1.29 is 4.79 Å². The minimum atomic E-state index is -0.129. The third-order valence-corrected chi connectivity index (χ3v) is 5.47. The van der Waals surface area contributed by atoms with Crippen LogP contribution in [-0.2, 0) is 4.79 Å². The number of benzene rings is 3. The first-order chi connectivity index (χ1) is 13.8. The van der Waals surface area contributed by atoms with Crippen LogP contribution in [0, 0.1) is 0 Å². The van der Waals surface area contributed by atoms with Crippen LogP contribution in [0.2, 0.25) is 0 Å². The van der Waals surface area contributed by atoms with Gasteiger partial charge in [-0.25, -0.2) is 4.99 Å². The van der Waals surface area contributed by atoms with E-state index in [1.807, 2.05) is 66.7 Å². The van der Waals surface area contributed by atoms with Gasteiger partial charge in [0, 0.05) is 17.0 Å². The van der Waals surface area contributed by atoms with Crippen LogP contribution in [-0.4, -0.2) is 16.1 Å². The molecule has 0 atom stereocenters. The molecule has 5 heteroatoms. The van der Waals surface area contributed by atoms with Crippen LogP contribution in [0.15, 0.2) is 88.9 Å². The molecule has 0 spiro atoms. The van der Waals surface area contributed by atoms with Crippen LogP contribution in [0.25, 0.3) is 27.8 Å². The van der Waals surface area contributed by atoms with Crippen molar-refractivity contribution in [1.82, 2.24) is 10.3 Å². The lowest BCUT2D eigenvalue weighted by atomic mass is 10.1. The number of carbonyl (C=O) groups excluding carboxylic acids is 1. The summed E-state index contributed by atoms with van der Waals surface area (Å²) in [5.41, 5.74) is 2.75. The number of hydrogen-bond donors (Lipinski definition) is 1. The standard InChI is InChI=1S/C23H15N3OS/c27-22-21(14-15-10-11-19-17(13-15)7-4-12-24-19)28-23(26-22)25-20-9-3-6-16-5-1-2-8-18(16)20/h1-14H,(H,25,26,27). The quantitative estimate of drug-likeness (QED) is 0.481. The Balaban J connectivity index is 1.47. The molecular formula is C23H15N3OS. The number of aliphatic imine (C=N–C) groups is 1. The third kappa shape index (κ3) is 3.17. The van der Waals surface area contributed by atoms with Gasteiger partial charge in [0.25, 0.3) is 5.91 Å². The van der Waals surface area contributed by atoms with Gasteiger partial charge < -0.3 is 5.32 Å². The molecule has 1 N–H and O–H groups in total. The highest BCUT2D eigenvalue weighted by molar-refractivity contribution is 8.18. The second kappa shape index (κ2) is 6.94. The number of hydrogen-bond acceptors (Lipinski definition) is 4. The van der Waals surface area contributed by atoms with E-state index in [1.54, 1.807) is 6.20 Å². The summed E-state index contributed by atoms with van der Waals surface area (Å²) in [6.07, 6.45) is 3.66. The highest BCUT2D eigenvalue weighted by Gasteiger charge is 2.24. The number of aromatic nitrogens is 1. The van der Waals surface area contributed by atoms with Gasteiger partial charge in [0.05, 0.1) is 16.1 Å². The Labute approximate surface area is 166 Å². The molecule has 134 valence electrons. The maximum Gasteiger partial charge on any atom is 0.264 e. The van der Waals surface area contributed by atoms with Crippen LogP contribution in [0.5, 0.6) is 0 Å². The van der Waals surface area contributed by atoms with E-state index in [4.69, 9.17) is 0 Å². The topological polar surface area (TPSA) is 54.4 Å². The summed E-state index contributed by atoms with van der Waals surface area (Å²) in [6, 6.07) is 24.0. The zero-order chi connectivity index (χ0) is 18.9. The molecule has 1 saturated heterocycles. The largest absolute Gasteiger partial charge is 0.300 e. The molecule has 4 aromatic rings. The fourth-order valence-electron chi connectivity index (χ4n) is 3.23. The van der Waals surface area contributed by atoms with E-state index >= 15 is 0 Å². The summed E-state index contributed by atoms with van der Waals surface area (Å²) in [7, 11) is 0. The van der Waals surface area contributed by atoms with Gasteiger partial charge in [0.1, 0.15) is 0 Å². The molecule has 0 saturated carbocycles. The van der Waals surface area contributed by atoms with E-state index < -0.39 is 0 Å². The maximum absolute atomic E-state index is 12.4. The summed E-state index contributed by atoms with van der Waals surface area (Å²) >= 11 is 1.36. The molecule has 2 heterocycles. The second-order valence-electron chi connectivity index (χ2n) is 6.44. The fourth-order valence-corrected chi connectivity index (χ4v) is 4.07. The van der Waals surface area contributed by atoms with Gasteiger partial charge in [-0.2, -0.15) is 0 Å². The summed E-state index contributed by atoms with van der Waals surface area (Å²) in [5.74, 6) is -0.129. The number of amidine groups is 1. The van der Waals surface area contributed by atoms with Gasteiger partial charge in [-0.15, -0.1) is 0 Å². The molecule has 0 aliphatic carbocycles. The van der Waals surface area contributed by atoms with E-state index in [0.29, 0.717) is 10.1 Å². The van der Waals surface area contributed by atoms with E-state index in [2.05, 4.69) is 27.4 Å². The summed E-state index contributed by atoms with van der Waals surface area (Å²) in [5, 5.41) is 6.69. The monoisotopic (exact) mass is 381 g/mol. The third-order valence-electron chi connectivity index (χ3n) is 4.56. The lowest BCUT2D eigenvalue weighted by Gasteiger charge is -2.02. The van der Waals surface area contributed by atoms with Crippen molar-refractivity contribution in [2.24, 2.45) is 4.99 Å². The lowest BCUT2D eigenvalue weighted by Crippen LogP contribution is -2.19. The van der Waals surface area contributed by atoms with Crippen molar-refractivity contribution in [3.05, 3.63) is 89.5 Å². The molecule has 1 amide bonds.